The zero-order valence-corrected chi connectivity index (χ0v) is 24.1. The van der Waals surface area contributed by atoms with E-state index in [9.17, 15) is 9.59 Å². The summed E-state index contributed by atoms with van der Waals surface area (Å²) in [7, 11) is -1.97. The van der Waals surface area contributed by atoms with Gasteiger partial charge in [-0.05, 0) is 92.2 Å². The average Bonchev–Trinajstić information content (AvgIpc) is 2.98. The quantitative estimate of drug-likeness (QED) is 0.241. The lowest BCUT2D eigenvalue weighted by Gasteiger charge is -2.57. The highest BCUT2D eigenvalue weighted by Crippen LogP contribution is 2.67. The topological polar surface area (TPSA) is 52.6 Å². The summed E-state index contributed by atoms with van der Waals surface area (Å²) in [5.74, 6) is 1.99. The fraction of sp³-hybridized carbons (Fsp3) is 0.862. The van der Waals surface area contributed by atoms with Crippen molar-refractivity contribution in [3.05, 3.63) is 11.6 Å². The molecule has 0 aromatic heterocycles. The normalized spacial score (nSPS) is 42.2. The average molecular weight is 489 g/mol. The second kappa shape index (κ2) is 8.57. The van der Waals surface area contributed by atoms with E-state index in [1.807, 2.05) is 6.92 Å². The summed E-state index contributed by atoms with van der Waals surface area (Å²) in [4.78, 5) is 24.6. The van der Waals surface area contributed by atoms with E-state index >= 15 is 0 Å². The van der Waals surface area contributed by atoms with Gasteiger partial charge in [-0.25, -0.2) is 0 Å². The summed E-state index contributed by atoms with van der Waals surface area (Å²) < 4.78 is 12.6. The number of hydrogen-bond donors (Lipinski definition) is 0. The van der Waals surface area contributed by atoms with E-state index in [-0.39, 0.29) is 40.0 Å². The molecule has 0 N–H and O–H groups in total. The van der Waals surface area contributed by atoms with Crippen molar-refractivity contribution in [1.82, 2.24) is 0 Å². The minimum atomic E-state index is -1.97. The largest absolute Gasteiger partial charge is 0.462 e. The van der Waals surface area contributed by atoms with Gasteiger partial charge in [-0.1, -0.05) is 46.3 Å². The zero-order valence-electron chi connectivity index (χ0n) is 23.1. The van der Waals surface area contributed by atoms with E-state index in [1.54, 1.807) is 0 Å². The molecule has 4 aliphatic rings. The molecule has 4 nitrogen and oxygen atoms in total. The zero-order chi connectivity index (χ0) is 25.3. The van der Waals surface area contributed by atoms with Crippen LogP contribution < -0.4 is 0 Å². The summed E-state index contributed by atoms with van der Waals surface area (Å²) >= 11 is 0. The lowest BCUT2D eigenvalue weighted by molar-refractivity contribution is -0.149. The number of carbonyl (C=O) groups excluding carboxylic acids is 2. The molecule has 0 heterocycles. The Morgan fingerprint density at radius 1 is 1.06 bits per heavy atom. The first-order chi connectivity index (χ1) is 15.6. The number of ketones is 1. The molecule has 0 bridgehead atoms. The van der Waals surface area contributed by atoms with E-state index in [1.165, 1.54) is 18.9 Å². The third kappa shape index (κ3) is 4.17. The third-order valence-corrected chi connectivity index (χ3v) is 15.6. The molecule has 0 amide bonds. The lowest BCUT2D eigenvalue weighted by atomic mass is 9.47. The number of hydrogen-bond acceptors (Lipinski definition) is 4. The monoisotopic (exact) mass is 488 g/mol. The third-order valence-electron chi connectivity index (χ3n) is 11.1. The number of Topliss-reactive ketones (excluding diaryl/α,β-unsaturated/α-hetero) is 1. The maximum atomic E-state index is 13.1. The van der Waals surface area contributed by atoms with Gasteiger partial charge in [-0.3, -0.25) is 9.59 Å². The minimum Gasteiger partial charge on any atom is -0.462 e. The van der Waals surface area contributed by atoms with Crippen LogP contribution in [0.3, 0.4) is 0 Å². The second-order valence-electron chi connectivity index (χ2n) is 14.0. The SMILES string of the molecule is CC(=O)OC1CC[C@@]2(C)C(=CC[C@H]3[C@@H]4C[C@@H](O[Si](C)(C)C(C)(C)C)[C@H](C(C)=O)[C@@]4(C)CC[C@@H]32)C1. The molecular formula is C29H48O4Si. The molecule has 5 heteroatoms. The second-order valence-corrected chi connectivity index (χ2v) is 18.8. The van der Waals surface area contributed by atoms with Crippen molar-refractivity contribution < 1.29 is 18.8 Å². The predicted molar refractivity (Wildman–Crippen MR) is 139 cm³/mol. The highest BCUT2D eigenvalue weighted by atomic mass is 28.4. The van der Waals surface area contributed by atoms with Gasteiger partial charge in [0.1, 0.15) is 11.9 Å². The molecule has 4 rings (SSSR count). The number of ether oxygens (including phenoxy) is 1. The van der Waals surface area contributed by atoms with Crippen LogP contribution in [0.5, 0.6) is 0 Å². The van der Waals surface area contributed by atoms with Crippen molar-refractivity contribution in [2.75, 3.05) is 0 Å². The Kier molecular flexibility index (Phi) is 6.59. The number of fused-ring (bicyclic) bond motifs is 5. The van der Waals surface area contributed by atoms with Gasteiger partial charge in [0, 0.05) is 19.3 Å². The van der Waals surface area contributed by atoms with Crippen molar-refractivity contribution >= 4 is 20.1 Å². The number of carbonyl (C=O) groups is 2. The van der Waals surface area contributed by atoms with E-state index in [4.69, 9.17) is 9.16 Å². The summed E-state index contributed by atoms with van der Waals surface area (Å²) in [6.45, 7) is 19.8. The van der Waals surface area contributed by atoms with Crippen LogP contribution in [0.15, 0.2) is 11.6 Å². The molecule has 8 atom stereocenters. The van der Waals surface area contributed by atoms with Crippen molar-refractivity contribution in [2.45, 2.75) is 124 Å². The van der Waals surface area contributed by atoms with Crippen LogP contribution in [0, 0.1) is 34.5 Å². The van der Waals surface area contributed by atoms with Crippen molar-refractivity contribution in [3.8, 4) is 0 Å². The van der Waals surface area contributed by atoms with Crippen molar-refractivity contribution in [1.29, 1.82) is 0 Å². The molecule has 3 saturated carbocycles. The number of rotatable bonds is 4. The molecule has 3 fully saturated rings. The molecule has 192 valence electrons. The first kappa shape index (κ1) is 26.1. The maximum Gasteiger partial charge on any atom is 0.302 e. The van der Waals surface area contributed by atoms with Gasteiger partial charge in [0.15, 0.2) is 8.32 Å². The van der Waals surface area contributed by atoms with Crippen LogP contribution in [0.4, 0.5) is 0 Å². The molecule has 0 aliphatic heterocycles. The van der Waals surface area contributed by atoms with Gasteiger partial charge in [0.2, 0.25) is 0 Å². The highest BCUT2D eigenvalue weighted by Gasteiger charge is 2.63. The van der Waals surface area contributed by atoms with E-state index in [0.717, 1.165) is 38.5 Å². The summed E-state index contributed by atoms with van der Waals surface area (Å²) in [6.07, 6.45) is 10.00. The Morgan fingerprint density at radius 2 is 1.74 bits per heavy atom. The van der Waals surface area contributed by atoms with Crippen molar-refractivity contribution in [2.24, 2.45) is 34.5 Å². The predicted octanol–water partition coefficient (Wildman–Crippen LogP) is 7.09. The Morgan fingerprint density at radius 3 is 2.32 bits per heavy atom. The Balaban J connectivity index is 1.62. The van der Waals surface area contributed by atoms with Crippen LogP contribution in [0.1, 0.15) is 93.4 Å². The summed E-state index contributed by atoms with van der Waals surface area (Å²) in [5, 5.41) is 0.141. The molecular weight excluding hydrogens is 440 g/mol. The van der Waals surface area contributed by atoms with E-state index < -0.39 is 8.32 Å². The highest BCUT2D eigenvalue weighted by molar-refractivity contribution is 6.74. The van der Waals surface area contributed by atoms with Gasteiger partial charge in [0.25, 0.3) is 0 Å². The fourth-order valence-electron chi connectivity index (χ4n) is 8.35. The van der Waals surface area contributed by atoms with Crippen LogP contribution in [-0.2, 0) is 18.8 Å². The molecule has 0 aromatic carbocycles. The maximum absolute atomic E-state index is 13.1. The van der Waals surface area contributed by atoms with E-state index in [2.05, 4.69) is 53.8 Å². The molecule has 1 unspecified atom stereocenters. The van der Waals surface area contributed by atoms with Gasteiger partial charge < -0.3 is 9.16 Å². The first-order valence-electron chi connectivity index (χ1n) is 13.6. The molecule has 0 aromatic rings. The molecule has 34 heavy (non-hydrogen) atoms. The first-order valence-corrected chi connectivity index (χ1v) is 16.6. The van der Waals surface area contributed by atoms with Crippen LogP contribution in [-0.4, -0.2) is 32.3 Å². The Bertz CT molecular complexity index is 870. The van der Waals surface area contributed by atoms with Crippen molar-refractivity contribution in [3.63, 3.8) is 0 Å². The summed E-state index contributed by atoms with van der Waals surface area (Å²) in [6, 6.07) is 0. The van der Waals surface area contributed by atoms with E-state index in [0.29, 0.717) is 23.5 Å². The number of allylic oxidation sites excluding steroid dienone is 1. The standard InChI is InChI=1S/C29H48O4Si/c1-18(30)26-25(33-34(8,9)27(3,4)5)17-24-22-11-10-20-16-21(32-19(2)31)12-14-28(20,6)23(22)13-15-29(24,26)7/h10,21-26H,11-17H2,1-9H3/t21?,22-,23+,24+,25-,26+,28+,29+/m1/s1. The lowest BCUT2D eigenvalue weighted by Crippen LogP contribution is -2.51. The fourth-order valence-corrected chi connectivity index (χ4v) is 9.69. The molecule has 0 spiro atoms. The summed E-state index contributed by atoms with van der Waals surface area (Å²) in [5.41, 5.74) is 1.76. The Hall–Kier alpha value is -0.943. The van der Waals surface area contributed by atoms with Gasteiger partial charge >= 0.3 is 5.97 Å². The Labute approximate surface area is 208 Å². The van der Waals surface area contributed by atoms with Gasteiger partial charge in [-0.15, -0.1) is 0 Å². The van der Waals surface area contributed by atoms with Crippen LogP contribution in [0.25, 0.3) is 0 Å². The minimum absolute atomic E-state index is 0.0189. The van der Waals surface area contributed by atoms with Gasteiger partial charge in [0.05, 0.1) is 6.10 Å². The molecule has 4 aliphatic carbocycles. The van der Waals surface area contributed by atoms with Crippen LogP contribution in [0.2, 0.25) is 18.1 Å². The smallest absolute Gasteiger partial charge is 0.302 e. The molecule has 0 saturated heterocycles. The molecule has 0 radical (unpaired) electrons. The van der Waals surface area contributed by atoms with Crippen LogP contribution >= 0.6 is 0 Å². The number of esters is 1. The van der Waals surface area contributed by atoms with Gasteiger partial charge in [-0.2, -0.15) is 0 Å².